The standard InChI is InChI=1S/C13H12FNO2S/c1-7-9(3)17-13(15-7)18-12-10(8(2)16)5-4-6-11(12)14/h4-6H,1-3H3. The van der Waals surface area contributed by atoms with Crippen LogP contribution >= 0.6 is 11.8 Å². The van der Waals surface area contributed by atoms with Gasteiger partial charge in [0.2, 0.25) is 0 Å². The van der Waals surface area contributed by atoms with E-state index >= 15 is 0 Å². The lowest BCUT2D eigenvalue weighted by atomic mass is 10.1. The van der Waals surface area contributed by atoms with E-state index in [4.69, 9.17) is 4.42 Å². The van der Waals surface area contributed by atoms with E-state index in [0.717, 1.165) is 17.5 Å². The zero-order valence-electron chi connectivity index (χ0n) is 10.3. The predicted molar refractivity (Wildman–Crippen MR) is 66.5 cm³/mol. The van der Waals surface area contributed by atoms with Gasteiger partial charge in [0, 0.05) is 5.56 Å². The fourth-order valence-electron chi connectivity index (χ4n) is 1.46. The number of hydrogen-bond acceptors (Lipinski definition) is 4. The van der Waals surface area contributed by atoms with E-state index in [-0.39, 0.29) is 10.7 Å². The average molecular weight is 265 g/mol. The van der Waals surface area contributed by atoms with E-state index in [1.54, 1.807) is 13.0 Å². The minimum Gasteiger partial charge on any atom is -0.436 e. The first-order valence-corrected chi connectivity index (χ1v) is 6.22. The van der Waals surface area contributed by atoms with Crippen LogP contribution in [0.4, 0.5) is 4.39 Å². The van der Waals surface area contributed by atoms with Crippen LogP contribution in [0.3, 0.4) is 0 Å². The second-order valence-corrected chi connectivity index (χ2v) is 4.86. The summed E-state index contributed by atoms with van der Waals surface area (Å²) in [4.78, 5) is 15.9. The number of ketones is 1. The number of benzene rings is 1. The lowest BCUT2D eigenvalue weighted by molar-refractivity contribution is 0.101. The first-order chi connectivity index (χ1) is 8.49. The van der Waals surface area contributed by atoms with Gasteiger partial charge >= 0.3 is 0 Å². The molecule has 0 N–H and O–H groups in total. The molecule has 2 rings (SSSR count). The molecule has 0 aliphatic rings. The number of carbonyl (C=O) groups excluding carboxylic acids is 1. The van der Waals surface area contributed by atoms with Crippen LogP contribution in [0.15, 0.2) is 32.7 Å². The number of nitrogens with zero attached hydrogens (tertiary/aromatic N) is 1. The van der Waals surface area contributed by atoms with E-state index in [0.29, 0.717) is 16.5 Å². The lowest BCUT2D eigenvalue weighted by Gasteiger charge is -2.04. The molecule has 0 aliphatic heterocycles. The molecule has 0 spiro atoms. The second-order valence-electron chi connectivity index (χ2n) is 3.90. The van der Waals surface area contributed by atoms with E-state index in [9.17, 15) is 9.18 Å². The molecule has 0 amide bonds. The van der Waals surface area contributed by atoms with Crippen molar-refractivity contribution in [1.29, 1.82) is 0 Å². The number of Topliss-reactive ketones (excluding diaryl/α,β-unsaturated/α-hetero) is 1. The van der Waals surface area contributed by atoms with Gasteiger partial charge in [0.25, 0.3) is 5.22 Å². The van der Waals surface area contributed by atoms with Crippen LogP contribution in [0.2, 0.25) is 0 Å². The van der Waals surface area contributed by atoms with Crippen LogP contribution in [0.5, 0.6) is 0 Å². The summed E-state index contributed by atoms with van der Waals surface area (Å²) in [5.74, 6) is 0.0661. The molecule has 5 heteroatoms. The fraction of sp³-hybridized carbons (Fsp3) is 0.231. The van der Waals surface area contributed by atoms with Crippen molar-refractivity contribution in [3.8, 4) is 0 Å². The maximum atomic E-state index is 13.8. The van der Waals surface area contributed by atoms with Crippen LogP contribution < -0.4 is 0 Å². The summed E-state index contributed by atoms with van der Waals surface area (Å²) in [6, 6.07) is 4.43. The van der Waals surface area contributed by atoms with Crippen molar-refractivity contribution in [1.82, 2.24) is 4.98 Å². The molecule has 0 unspecified atom stereocenters. The van der Waals surface area contributed by atoms with Crippen molar-refractivity contribution in [3.05, 3.63) is 41.0 Å². The maximum absolute atomic E-state index is 13.8. The third-order valence-electron chi connectivity index (χ3n) is 2.54. The number of oxazole rings is 1. The SMILES string of the molecule is CC(=O)c1cccc(F)c1Sc1nc(C)c(C)o1. The number of hydrogen-bond donors (Lipinski definition) is 0. The third-order valence-corrected chi connectivity index (χ3v) is 3.51. The van der Waals surface area contributed by atoms with E-state index in [1.807, 2.05) is 6.92 Å². The molecule has 3 nitrogen and oxygen atoms in total. The van der Waals surface area contributed by atoms with Crippen LogP contribution in [-0.2, 0) is 0 Å². The zero-order chi connectivity index (χ0) is 13.3. The summed E-state index contributed by atoms with van der Waals surface area (Å²) in [7, 11) is 0. The minimum atomic E-state index is -0.443. The van der Waals surface area contributed by atoms with Crippen molar-refractivity contribution in [2.75, 3.05) is 0 Å². The molecule has 0 saturated carbocycles. The highest BCUT2D eigenvalue weighted by molar-refractivity contribution is 7.99. The molecular weight excluding hydrogens is 253 g/mol. The summed E-state index contributed by atoms with van der Waals surface area (Å²) in [5.41, 5.74) is 1.10. The van der Waals surface area contributed by atoms with Gasteiger partial charge in [-0.1, -0.05) is 12.1 Å². The Balaban J connectivity index is 2.42. The Morgan fingerprint density at radius 2 is 2.11 bits per heavy atom. The summed E-state index contributed by atoms with van der Waals surface area (Å²) in [5, 5.41) is 0.345. The molecule has 1 aromatic heterocycles. The Kier molecular flexibility index (Phi) is 3.52. The van der Waals surface area contributed by atoms with Gasteiger partial charge in [-0.15, -0.1) is 0 Å². The summed E-state index contributed by atoms with van der Waals surface area (Å²) < 4.78 is 19.1. The molecule has 0 bridgehead atoms. The Morgan fingerprint density at radius 1 is 1.39 bits per heavy atom. The van der Waals surface area contributed by atoms with Gasteiger partial charge in [0.15, 0.2) is 5.78 Å². The molecule has 1 heterocycles. The Hall–Kier alpha value is -1.62. The van der Waals surface area contributed by atoms with Gasteiger partial charge in [0.05, 0.1) is 10.6 Å². The monoisotopic (exact) mass is 265 g/mol. The van der Waals surface area contributed by atoms with Gasteiger partial charge in [-0.05, 0) is 38.6 Å². The van der Waals surface area contributed by atoms with E-state index in [2.05, 4.69) is 4.98 Å². The molecule has 0 aliphatic carbocycles. The van der Waals surface area contributed by atoms with Gasteiger partial charge in [-0.3, -0.25) is 4.79 Å². The zero-order valence-corrected chi connectivity index (χ0v) is 11.1. The molecule has 0 fully saturated rings. The second kappa shape index (κ2) is 4.94. The maximum Gasteiger partial charge on any atom is 0.261 e. The lowest BCUT2D eigenvalue weighted by Crippen LogP contribution is -1.97. The van der Waals surface area contributed by atoms with Crippen molar-refractivity contribution in [2.45, 2.75) is 30.9 Å². The quantitative estimate of drug-likeness (QED) is 0.792. The highest BCUT2D eigenvalue weighted by atomic mass is 32.2. The van der Waals surface area contributed by atoms with Gasteiger partial charge < -0.3 is 4.42 Å². The largest absolute Gasteiger partial charge is 0.436 e. The van der Waals surface area contributed by atoms with Gasteiger partial charge in [-0.25, -0.2) is 9.37 Å². The number of aryl methyl sites for hydroxylation is 2. The molecule has 0 atom stereocenters. The topological polar surface area (TPSA) is 43.1 Å². The van der Waals surface area contributed by atoms with Crippen LogP contribution in [0.1, 0.15) is 28.7 Å². The Bertz CT molecular complexity index is 588. The van der Waals surface area contributed by atoms with Crippen LogP contribution in [0.25, 0.3) is 0 Å². The first kappa shape index (κ1) is 12.8. The third kappa shape index (κ3) is 2.46. The van der Waals surface area contributed by atoms with Crippen molar-refractivity contribution in [2.24, 2.45) is 0 Å². The molecule has 94 valence electrons. The van der Waals surface area contributed by atoms with Crippen LogP contribution in [-0.4, -0.2) is 10.8 Å². The molecule has 2 aromatic rings. The van der Waals surface area contributed by atoms with E-state index < -0.39 is 5.82 Å². The molecule has 0 radical (unpaired) electrons. The van der Waals surface area contributed by atoms with Crippen molar-refractivity contribution < 1.29 is 13.6 Å². The highest BCUT2D eigenvalue weighted by Gasteiger charge is 2.16. The highest BCUT2D eigenvalue weighted by Crippen LogP contribution is 2.33. The van der Waals surface area contributed by atoms with Gasteiger partial charge in [0.1, 0.15) is 11.6 Å². The van der Waals surface area contributed by atoms with Crippen LogP contribution in [0, 0.1) is 19.7 Å². The molecule has 1 aromatic carbocycles. The summed E-state index contributed by atoms with van der Waals surface area (Å²) in [6.45, 7) is 5.01. The molecule has 18 heavy (non-hydrogen) atoms. The Morgan fingerprint density at radius 3 is 2.67 bits per heavy atom. The Labute approximate surface area is 108 Å². The smallest absolute Gasteiger partial charge is 0.261 e. The molecular formula is C13H12FNO2S. The first-order valence-electron chi connectivity index (χ1n) is 5.40. The molecule has 0 saturated heterocycles. The number of aromatic nitrogens is 1. The predicted octanol–water partition coefficient (Wildman–Crippen LogP) is 3.78. The summed E-state index contributed by atoms with van der Waals surface area (Å²) >= 11 is 1.03. The number of carbonyl (C=O) groups is 1. The van der Waals surface area contributed by atoms with Crippen molar-refractivity contribution >= 4 is 17.5 Å². The average Bonchev–Trinajstić information content (AvgIpc) is 2.60. The van der Waals surface area contributed by atoms with Gasteiger partial charge in [-0.2, -0.15) is 0 Å². The fourth-order valence-corrected chi connectivity index (χ4v) is 2.48. The summed E-state index contributed by atoms with van der Waals surface area (Å²) in [6.07, 6.45) is 0. The number of rotatable bonds is 3. The van der Waals surface area contributed by atoms with Crippen molar-refractivity contribution in [3.63, 3.8) is 0 Å². The number of halogens is 1. The van der Waals surface area contributed by atoms with E-state index in [1.165, 1.54) is 19.1 Å². The normalized spacial score (nSPS) is 10.7. The minimum absolute atomic E-state index is 0.183.